The molecule has 3 N–H and O–H groups in total. The number of carbonyl (C=O) groups is 2. The largest absolute Gasteiger partial charge is 0.329 e. The van der Waals surface area contributed by atoms with Crippen LogP contribution in [0.25, 0.3) is 0 Å². The fraction of sp³-hybridized carbons (Fsp3) is 0.529. The second kappa shape index (κ2) is 6.39. The van der Waals surface area contributed by atoms with E-state index in [0.29, 0.717) is 23.7 Å². The molecule has 0 aliphatic heterocycles. The molecule has 1 amide bonds. The van der Waals surface area contributed by atoms with Crippen LogP contribution >= 0.6 is 0 Å². The average Bonchev–Trinajstić information content (AvgIpc) is 2.48. The molecule has 0 bridgehead atoms. The van der Waals surface area contributed by atoms with Crippen LogP contribution in [0.15, 0.2) is 24.3 Å². The van der Waals surface area contributed by atoms with Gasteiger partial charge in [-0.15, -0.1) is 0 Å². The van der Waals surface area contributed by atoms with E-state index in [4.69, 9.17) is 5.73 Å². The summed E-state index contributed by atoms with van der Waals surface area (Å²) in [7, 11) is 0. The summed E-state index contributed by atoms with van der Waals surface area (Å²) < 4.78 is 0. The van der Waals surface area contributed by atoms with Gasteiger partial charge in [0, 0.05) is 17.8 Å². The first-order valence-corrected chi connectivity index (χ1v) is 7.59. The number of carbonyl (C=O) groups excluding carboxylic acids is 2. The zero-order valence-corrected chi connectivity index (χ0v) is 12.8. The lowest BCUT2D eigenvalue weighted by molar-refractivity contribution is -0.127. The highest BCUT2D eigenvalue weighted by molar-refractivity contribution is 5.98. The Morgan fingerprint density at radius 3 is 2.57 bits per heavy atom. The van der Waals surface area contributed by atoms with Crippen molar-refractivity contribution >= 4 is 17.4 Å². The molecule has 0 atom stereocenters. The summed E-state index contributed by atoms with van der Waals surface area (Å²) in [5.41, 5.74) is 6.71. The van der Waals surface area contributed by atoms with Crippen molar-refractivity contribution in [1.82, 2.24) is 0 Å². The third-order valence-corrected chi connectivity index (χ3v) is 4.63. The third-order valence-electron chi connectivity index (χ3n) is 4.63. The van der Waals surface area contributed by atoms with Gasteiger partial charge in [-0.05, 0) is 50.7 Å². The van der Waals surface area contributed by atoms with Crippen LogP contribution in [0.1, 0.15) is 49.9 Å². The minimum atomic E-state index is -0.460. The van der Waals surface area contributed by atoms with Crippen LogP contribution in [0.5, 0.6) is 0 Å². The zero-order chi connectivity index (χ0) is 15.5. The first-order valence-electron chi connectivity index (χ1n) is 7.59. The number of benzene rings is 1. The van der Waals surface area contributed by atoms with Gasteiger partial charge in [0.2, 0.25) is 5.91 Å². The molecular formula is C17H24N2O2. The summed E-state index contributed by atoms with van der Waals surface area (Å²) >= 11 is 0. The number of hydrogen-bond donors (Lipinski definition) is 2. The van der Waals surface area contributed by atoms with Crippen molar-refractivity contribution in [1.29, 1.82) is 0 Å². The molecule has 1 aromatic rings. The van der Waals surface area contributed by atoms with Gasteiger partial charge in [-0.25, -0.2) is 0 Å². The van der Waals surface area contributed by atoms with E-state index in [1.54, 1.807) is 24.3 Å². The molecule has 114 valence electrons. The molecule has 0 radical (unpaired) electrons. The summed E-state index contributed by atoms with van der Waals surface area (Å²) in [6.45, 7) is 4.11. The van der Waals surface area contributed by atoms with Crippen LogP contribution in [0.4, 0.5) is 5.69 Å². The Morgan fingerprint density at radius 2 is 2.00 bits per heavy atom. The Morgan fingerprint density at radius 1 is 1.33 bits per heavy atom. The third kappa shape index (κ3) is 3.50. The Labute approximate surface area is 126 Å². The molecule has 4 heteroatoms. The summed E-state index contributed by atoms with van der Waals surface area (Å²) in [4.78, 5) is 24.0. The molecule has 1 aromatic carbocycles. The van der Waals surface area contributed by atoms with Crippen molar-refractivity contribution in [3.05, 3.63) is 29.8 Å². The highest BCUT2D eigenvalue weighted by atomic mass is 16.2. The quantitative estimate of drug-likeness (QED) is 0.837. The first kappa shape index (κ1) is 15.7. The summed E-state index contributed by atoms with van der Waals surface area (Å²) in [6.07, 6.45) is 3.75. The molecule has 0 aromatic heterocycles. The molecule has 0 spiro atoms. The predicted molar refractivity (Wildman–Crippen MR) is 84.2 cm³/mol. The van der Waals surface area contributed by atoms with Crippen molar-refractivity contribution in [3.63, 3.8) is 0 Å². The monoisotopic (exact) mass is 288 g/mol. The van der Waals surface area contributed by atoms with E-state index < -0.39 is 5.41 Å². The molecular weight excluding hydrogens is 264 g/mol. The van der Waals surface area contributed by atoms with Gasteiger partial charge in [0.05, 0.1) is 5.41 Å². The highest BCUT2D eigenvalue weighted by Gasteiger charge is 2.39. The van der Waals surface area contributed by atoms with E-state index >= 15 is 0 Å². The maximum absolute atomic E-state index is 12.6. The number of Topliss-reactive ketones (excluding diaryl/α,β-unsaturated/α-hetero) is 1. The first-order chi connectivity index (χ1) is 9.97. The highest BCUT2D eigenvalue weighted by Crippen LogP contribution is 2.39. The molecule has 1 aliphatic carbocycles. The van der Waals surface area contributed by atoms with Crippen LogP contribution in [-0.4, -0.2) is 18.2 Å². The van der Waals surface area contributed by atoms with Crippen LogP contribution < -0.4 is 11.1 Å². The molecule has 0 heterocycles. The van der Waals surface area contributed by atoms with Crippen LogP contribution in [0, 0.1) is 11.3 Å². The van der Waals surface area contributed by atoms with Gasteiger partial charge in [0.25, 0.3) is 0 Å². The summed E-state index contributed by atoms with van der Waals surface area (Å²) in [6, 6.07) is 7.05. The number of nitrogens with one attached hydrogen (secondary N) is 1. The van der Waals surface area contributed by atoms with Gasteiger partial charge in [-0.1, -0.05) is 19.1 Å². The maximum atomic E-state index is 12.6. The second-order valence-corrected chi connectivity index (χ2v) is 6.26. The van der Waals surface area contributed by atoms with E-state index in [9.17, 15) is 9.59 Å². The van der Waals surface area contributed by atoms with Crippen LogP contribution in [-0.2, 0) is 4.79 Å². The van der Waals surface area contributed by atoms with Gasteiger partial charge in [0.15, 0.2) is 5.78 Å². The molecule has 1 fully saturated rings. The van der Waals surface area contributed by atoms with Gasteiger partial charge < -0.3 is 11.1 Å². The number of amides is 1. The van der Waals surface area contributed by atoms with Gasteiger partial charge in [-0.3, -0.25) is 9.59 Å². The van der Waals surface area contributed by atoms with Crippen LogP contribution in [0.2, 0.25) is 0 Å². The van der Waals surface area contributed by atoms with Gasteiger partial charge >= 0.3 is 0 Å². The lowest BCUT2D eigenvalue weighted by Gasteiger charge is -2.37. The normalized spacial score (nSPS) is 25.4. The minimum Gasteiger partial charge on any atom is -0.329 e. The summed E-state index contributed by atoms with van der Waals surface area (Å²) in [5, 5.41) is 2.94. The Balaban J connectivity index is 2.13. The van der Waals surface area contributed by atoms with Crippen molar-refractivity contribution in [2.75, 3.05) is 11.9 Å². The molecule has 0 unspecified atom stereocenters. The zero-order valence-electron chi connectivity index (χ0n) is 12.8. The van der Waals surface area contributed by atoms with Crippen molar-refractivity contribution in [2.24, 2.45) is 17.1 Å². The molecule has 1 saturated carbocycles. The standard InChI is InChI=1S/C17H24N2O2/c1-12-6-8-17(11-18,9-7-12)16(21)19-15-5-3-4-14(10-15)13(2)20/h3-5,10,12H,6-9,11,18H2,1-2H3,(H,19,21). The van der Waals surface area contributed by atoms with E-state index in [0.717, 1.165) is 25.7 Å². The van der Waals surface area contributed by atoms with Gasteiger partial charge in [-0.2, -0.15) is 0 Å². The van der Waals surface area contributed by atoms with E-state index in [1.165, 1.54) is 6.92 Å². The second-order valence-electron chi connectivity index (χ2n) is 6.26. The topological polar surface area (TPSA) is 72.2 Å². The molecule has 21 heavy (non-hydrogen) atoms. The van der Waals surface area contributed by atoms with Crippen LogP contribution in [0.3, 0.4) is 0 Å². The number of anilines is 1. The average molecular weight is 288 g/mol. The van der Waals surface area contributed by atoms with E-state index in [-0.39, 0.29) is 11.7 Å². The Bertz CT molecular complexity index is 531. The number of rotatable bonds is 4. The number of ketones is 1. The maximum Gasteiger partial charge on any atom is 0.231 e. The Hall–Kier alpha value is -1.68. The number of nitrogens with two attached hydrogens (primary N) is 1. The predicted octanol–water partition coefficient (Wildman–Crippen LogP) is 2.98. The summed E-state index contributed by atoms with van der Waals surface area (Å²) in [5.74, 6) is 0.641. The molecule has 2 rings (SSSR count). The number of hydrogen-bond acceptors (Lipinski definition) is 3. The smallest absolute Gasteiger partial charge is 0.231 e. The van der Waals surface area contributed by atoms with Crippen molar-refractivity contribution < 1.29 is 9.59 Å². The SMILES string of the molecule is CC(=O)c1cccc(NC(=O)C2(CN)CCC(C)CC2)c1. The lowest BCUT2D eigenvalue weighted by Crippen LogP contribution is -2.44. The van der Waals surface area contributed by atoms with Gasteiger partial charge in [0.1, 0.15) is 0 Å². The van der Waals surface area contributed by atoms with Crippen molar-refractivity contribution in [2.45, 2.75) is 39.5 Å². The fourth-order valence-corrected chi connectivity index (χ4v) is 2.92. The molecule has 1 aliphatic rings. The minimum absolute atomic E-state index is 0.00821. The van der Waals surface area contributed by atoms with E-state index in [1.807, 2.05) is 0 Å². The fourth-order valence-electron chi connectivity index (χ4n) is 2.92. The van der Waals surface area contributed by atoms with Crippen molar-refractivity contribution in [3.8, 4) is 0 Å². The Kier molecular flexibility index (Phi) is 4.78. The molecule has 0 saturated heterocycles. The van der Waals surface area contributed by atoms with E-state index in [2.05, 4.69) is 12.2 Å². The lowest BCUT2D eigenvalue weighted by atomic mass is 9.70. The molecule has 4 nitrogen and oxygen atoms in total.